The highest BCUT2D eigenvalue weighted by Gasteiger charge is 2.25. The Kier molecular flexibility index (Phi) is 2.93. The van der Waals surface area contributed by atoms with Gasteiger partial charge in [-0.2, -0.15) is 0 Å². The van der Waals surface area contributed by atoms with Crippen LogP contribution in [0.4, 0.5) is 0 Å². The van der Waals surface area contributed by atoms with E-state index in [-0.39, 0.29) is 5.78 Å². The monoisotopic (exact) mass is 234 g/mol. The quantitative estimate of drug-likeness (QED) is 0.724. The molecule has 0 N–H and O–H groups in total. The van der Waals surface area contributed by atoms with Crippen molar-refractivity contribution in [1.29, 1.82) is 0 Å². The normalized spacial score (nSPS) is 23.4. The summed E-state index contributed by atoms with van der Waals surface area (Å²) in [6.45, 7) is 2.66. The summed E-state index contributed by atoms with van der Waals surface area (Å²) in [6, 6.07) is 5.70. The third kappa shape index (κ3) is 2.11. The third-order valence-electron chi connectivity index (χ3n) is 3.11. The second kappa shape index (κ2) is 4.56. The number of carbonyl (C=O) groups is 1. The summed E-state index contributed by atoms with van der Waals surface area (Å²) in [5.74, 6) is -0.000556. The van der Waals surface area contributed by atoms with E-state index in [1.54, 1.807) is 0 Å². The smallest absolute Gasteiger partial charge is 0.193 e. The summed E-state index contributed by atoms with van der Waals surface area (Å²) in [7, 11) is 0. The molecule has 0 aromatic heterocycles. The zero-order valence-electron chi connectivity index (χ0n) is 9.48. The zero-order chi connectivity index (χ0) is 11.7. The molecule has 90 valence electrons. The molecule has 1 aromatic carbocycles. The van der Waals surface area contributed by atoms with Gasteiger partial charge < -0.3 is 14.2 Å². The van der Waals surface area contributed by atoms with Crippen LogP contribution >= 0.6 is 0 Å². The molecule has 0 bridgehead atoms. The molecule has 2 aliphatic rings. The fraction of sp³-hybridized carbons (Fsp3) is 0.462. The van der Waals surface area contributed by atoms with E-state index in [0.717, 1.165) is 5.56 Å². The summed E-state index contributed by atoms with van der Waals surface area (Å²) in [4.78, 5) is 12.2. The number of ketones is 1. The van der Waals surface area contributed by atoms with Gasteiger partial charge in [-0.05, 0) is 17.2 Å². The van der Waals surface area contributed by atoms with Gasteiger partial charge in [0.25, 0.3) is 0 Å². The van der Waals surface area contributed by atoms with E-state index in [0.29, 0.717) is 38.6 Å². The Hall–Kier alpha value is -1.23. The number of rotatable bonds is 2. The minimum Gasteiger partial charge on any atom is -0.376 e. The maximum Gasteiger partial charge on any atom is 0.193 e. The Morgan fingerprint density at radius 1 is 1.12 bits per heavy atom. The number of benzene rings is 1. The summed E-state index contributed by atoms with van der Waals surface area (Å²) in [6.07, 6.45) is -0.455. The van der Waals surface area contributed by atoms with Gasteiger partial charge in [-0.15, -0.1) is 0 Å². The molecule has 0 spiro atoms. The standard InChI is InChI=1S/C13H14O4/c14-13(12-8-15-3-4-17-12)9-1-2-10-6-16-7-11(10)5-9/h1-2,5,12H,3-4,6-8H2. The first kappa shape index (κ1) is 10.9. The number of hydrogen-bond acceptors (Lipinski definition) is 4. The van der Waals surface area contributed by atoms with Crippen LogP contribution in [0.1, 0.15) is 21.5 Å². The first-order chi connectivity index (χ1) is 8.34. The predicted molar refractivity (Wildman–Crippen MR) is 59.8 cm³/mol. The van der Waals surface area contributed by atoms with Crippen LogP contribution in [0.3, 0.4) is 0 Å². The molecule has 1 fully saturated rings. The topological polar surface area (TPSA) is 44.8 Å². The lowest BCUT2D eigenvalue weighted by molar-refractivity contribution is -0.0719. The minimum absolute atomic E-state index is 0.000556. The SMILES string of the molecule is O=C(c1ccc2c(c1)COC2)C1COCCO1. The van der Waals surface area contributed by atoms with Crippen molar-refractivity contribution in [2.24, 2.45) is 0 Å². The number of hydrogen-bond donors (Lipinski definition) is 0. The second-order valence-corrected chi connectivity index (χ2v) is 4.27. The second-order valence-electron chi connectivity index (χ2n) is 4.27. The van der Waals surface area contributed by atoms with E-state index in [1.807, 2.05) is 18.2 Å². The minimum atomic E-state index is -0.455. The van der Waals surface area contributed by atoms with Gasteiger partial charge in [0.1, 0.15) is 6.10 Å². The van der Waals surface area contributed by atoms with Crippen molar-refractivity contribution in [3.8, 4) is 0 Å². The van der Waals surface area contributed by atoms with Crippen LogP contribution in [0.15, 0.2) is 18.2 Å². The Morgan fingerprint density at radius 3 is 2.82 bits per heavy atom. The first-order valence-corrected chi connectivity index (χ1v) is 5.78. The van der Waals surface area contributed by atoms with Crippen LogP contribution in [0.5, 0.6) is 0 Å². The largest absolute Gasteiger partial charge is 0.376 e. The average Bonchev–Trinajstić information content (AvgIpc) is 2.86. The molecule has 4 heteroatoms. The molecule has 0 amide bonds. The molecule has 1 unspecified atom stereocenters. The maximum atomic E-state index is 12.2. The fourth-order valence-corrected chi connectivity index (χ4v) is 2.15. The van der Waals surface area contributed by atoms with Crippen molar-refractivity contribution in [2.45, 2.75) is 19.3 Å². The Labute approximate surface area is 99.5 Å². The van der Waals surface area contributed by atoms with Crippen molar-refractivity contribution in [3.63, 3.8) is 0 Å². The number of Topliss-reactive ketones (excluding diaryl/α,β-unsaturated/α-hetero) is 1. The Morgan fingerprint density at radius 2 is 2.00 bits per heavy atom. The highest BCUT2D eigenvalue weighted by atomic mass is 16.6. The molecule has 0 radical (unpaired) electrons. The van der Waals surface area contributed by atoms with Crippen molar-refractivity contribution in [1.82, 2.24) is 0 Å². The van der Waals surface area contributed by atoms with Crippen LogP contribution in [-0.2, 0) is 27.4 Å². The van der Waals surface area contributed by atoms with Crippen LogP contribution in [0.25, 0.3) is 0 Å². The zero-order valence-corrected chi connectivity index (χ0v) is 9.48. The highest BCUT2D eigenvalue weighted by molar-refractivity contribution is 5.99. The van der Waals surface area contributed by atoms with Gasteiger partial charge in [0, 0.05) is 5.56 Å². The first-order valence-electron chi connectivity index (χ1n) is 5.78. The molecule has 0 aliphatic carbocycles. The van der Waals surface area contributed by atoms with Crippen LogP contribution in [0.2, 0.25) is 0 Å². The summed E-state index contributed by atoms with van der Waals surface area (Å²) in [5, 5.41) is 0. The van der Waals surface area contributed by atoms with Gasteiger partial charge in [-0.1, -0.05) is 12.1 Å². The van der Waals surface area contributed by atoms with Crippen molar-refractivity contribution >= 4 is 5.78 Å². The lowest BCUT2D eigenvalue weighted by atomic mass is 10.0. The Bertz CT molecular complexity index is 435. The van der Waals surface area contributed by atoms with Crippen molar-refractivity contribution in [3.05, 3.63) is 34.9 Å². The number of ether oxygens (including phenoxy) is 3. The van der Waals surface area contributed by atoms with Crippen LogP contribution in [-0.4, -0.2) is 31.7 Å². The van der Waals surface area contributed by atoms with Crippen molar-refractivity contribution in [2.75, 3.05) is 19.8 Å². The molecule has 3 rings (SSSR count). The van der Waals surface area contributed by atoms with Gasteiger partial charge in [0.2, 0.25) is 0 Å². The van der Waals surface area contributed by atoms with Gasteiger partial charge >= 0.3 is 0 Å². The molecule has 17 heavy (non-hydrogen) atoms. The molecular formula is C13H14O4. The lowest BCUT2D eigenvalue weighted by Gasteiger charge is -2.21. The van der Waals surface area contributed by atoms with Gasteiger partial charge in [0.05, 0.1) is 33.0 Å². The van der Waals surface area contributed by atoms with E-state index in [4.69, 9.17) is 14.2 Å². The van der Waals surface area contributed by atoms with Crippen molar-refractivity contribution < 1.29 is 19.0 Å². The van der Waals surface area contributed by atoms with Gasteiger partial charge in [-0.3, -0.25) is 4.79 Å². The average molecular weight is 234 g/mol. The van der Waals surface area contributed by atoms with E-state index in [2.05, 4.69) is 0 Å². The van der Waals surface area contributed by atoms with Crippen LogP contribution in [0, 0.1) is 0 Å². The number of fused-ring (bicyclic) bond motifs is 1. The molecule has 2 heterocycles. The van der Waals surface area contributed by atoms with Gasteiger partial charge in [0.15, 0.2) is 5.78 Å². The third-order valence-corrected chi connectivity index (χ3v) is 3.11. The molecule has 4 nitrogen and oxygen atoms in total. The maximum absolute atomic E-state index is 12.2. The molecule has 2 aliphatic heterocycles. The molecule has 1 saturated heterocycles. The summed E-state index contributed by atoms with van der Waals surface area (Å²) < 4.78 is 16.0. The molecular weight excluding hydrogens is 220 g/mol. The summed E-state index contributed by atoms with van der Waals surface area (Å²) in [5.41, 5.74) is 2.96. The molecule has 1 aromatic rings. The molecule has 0 saturated carbocycles. The van der Waals surface area contributed by atoms with Gasteiger partial charge in [-0.25, -0.2) is 0 Å². The van der Waals surface area contributed by atoms with E-state index in [1.165, 1.54) is 5.56 Å². The van der Waals surface area contributed by atoms with E-state index >= 15 is 0 Å². The predicted octanol–water partition coefficient (Wildman–Crippen LogP) is 1.31. The molecule has 1 atom stereocenters. The van der Waals surface area contributed by atoms with E-state index in [9.17, 15) is 4.79 Å². The number of carbonyl (C=O) groups excluding carboxylic acids is 1. The lowest BCUT2D eigenvalue weighted by Crippen LogP contribution is -2.35. The Balaban J connectivity index is 1.81. The van der Waals surface area contributed by atoms with Crippen LogP contribution < -0.4 is 0 Å². The van der Waals surface area contributed by atoms with E-state index < -0.39 is 6.10 Å². The summed E-state index contributed by atoms with van der Waals surface area (Å²) >= 11 is 0. The highest BCUT2D eigenvalue weighted by Crippen LogP contribution is 2.22. The fourth-order valence-electron chi connectivity index (χ4n) is 2.15.